The average Bonchev–Trinajstić information content (AvgIpc) is 2.81. The zero-order valence-corrected chi connectivity index (χ0v) is 9.19. The Morgan fingerprint density at radius 3 is 2.89 bits per heavy atom. The number of carbonyl (C=O) groups excluding carboxylic acids is 1. The summed E-state index contributed by atoms with van der Waals surface area (Å²) in [5, 5.41) is 8.83. The fourth-order valence-electron chi connectivity index (χ4n) is 1.32. The van der Waals surface area contributed by atoms with Crippen molar-refractivity contribution in [1.29, 1.82) is 0 Å². The number of rotatable bonds is 4. The summed E-state index contributed by atoms with van der Waals surface area (Å²) >= 11 is 0. The van der Waals surface area contributed by atoms with E-state index in [1.807, 2.05) is 4.98 Å². The van der Waals surface area contributed by atoms with Crippen LogP contribution in [0, 0.1) is 0 Å². The van der Waals surface area contributed by atoms with Gasteiger partial charge in [0.2, 0.25) is 0 Å². The van der Waals surface area contributed by atoms with Crippen LogP contribution in [-0.2, 0) is 6.42 Å². The molecule has 0 fully saturated rings. The van der Waals surface area contributed by atoms with E-state index in [1.165, 1.54) is 6.33 Å². The lowest BCUT2D eigenvalue weighted by molar-refractivity contribution is 0.0952. The van der Waals surface area contributed by atoms with Crippen LogP contribution in [0.5, 0.6) is 0 Å². The lowest BCUT2D eigenvalue weighted by Gasteiger charge is -2.02. The molecule has 0 aliphatic rings. The van der Waals surface area contributed by atoms with E-state index in [1.54, 1.807) is 0 Å². The minimum atomic E-state index is -0.726. The smallest absolute Gasteiger partial charge is 0.325 e. The first-order valence-electron chi connectivity index (χ1n) is 5.11. The van der Waals surface area contributed by atoms with Crippen LogP contribution in [-0.4, -0.2) is 37.6 Å². The van der Waals surface area contributed by atoms with E-state index in [4.69, 9.17) is 0 Å². The molecule has 0 unspecified atom stereocenters. The largest absolute Gasteiger partial charge is 0.351 e. The first-order chi connectivity index (χ1) is 8.66. The number of nitrogens with zero attached hydrogens (tertiary/aromatic N) is 2. The third-order valence-corrected chi connectivity index (χ3v) is 2.18. The molecule has 4 N–H and O–H groups in total. The van der Waals surface area contributed by atoms with Crippen LogP contribution < -0.4 is 16.6 Å². The Bertz CT molecular complexity index is 641. The van der Waals surface area contributed by atoms with Crippen LogP contribution in [0.4, 0.5) is 0 Å². The van der Waals surface area contributed by atoms with E-state index in [-0.39, 0.29) is 5.56 Å². The molecule has 0 aliphatic carbocycles. The second kappa shape index (κ2) is 5.08. The number of carbonyl (C=O) groups is 1. The average molecular weight is 250 g/mol. The van der Waals surface area contributed by atoms with Gasteiger partial charge in [0.25, 0.3) is 11.5 Å². The first kappa shape index (κ1) is 11.8. The Hall–Kier alpha value is -2.71. The fraction of sp³-hybridized carbons (Fsp3) is 0.222. The van der Waals surface area contributed by atoms with Crippen LogP contribution in [0.1, 0.15) is 16.2 Å². The first-order valence-corrected chi connectivity index (χ1v) is 5.11. The number of amides is 1. The van der Waals surface area contributed by atoms with Gasteiger partial charge in [-0.25, -0.2) is 9.78 Å². The number of nitrogens with one attached hydrogen (secondary N) is 4. The minimum absolute atomic E-state index is 0.146. The minimum Gasteiger partial charge on any atom is -0.351 e. The van der Waals surface area contributed by atoms with E-state index in [9.17, 15) is 14.4 Å². The van der Waals surface area contributed by atoms with Gasteiger partial charge in [-0.05, 0) is 0 Å². The molecule has 0 aromatic carbocycles. The van der Waals surface area contributed by atoms with Gasteiger partial charge >= 0.3 is 5.69 Å². The molecule has 18 heavy (non-hydrogen) atoms. The molecule has 9 nitrogen and oxygen atoms in total. The van der Waals surface area contributed by atoms with Crippen LogP contribution in [0.3, 0.4) is 0 Å². The summed E-state index contributed by atoms with van der Waals surface area (Å²) in [6, 6.07) is 0. The summed E-state index contributed by atoms with van der Waals surface area (Å²) in [6.07, 6.45) is 2.90. The maximum Gasteiger partial charge on any atom is 0.325 e. The molecule has 0 spiro atoms. The van der Waals surface area contributed by atoms with Crippen molar-refractivity contribution in [2.75, 3.05) is 6.54 Å². The summed E-state index contributed by atoms with van der Waals surface area (Å²) in [5.41, 5.74) is -1.53. The molecule has 0 saturated heterocycles. The van der Waals surface area contributed by atoms with Gasteiger partial charge in [-0.1, -0.05) is 0 Å². The second-order valence-corrected chi connectivity index (χ2v) is 3.42. The molecule has 0 radical (unpaired) electrons. The molecule has 0 atom stereocenters. The van der Waals surface area contributed by atoms with Gasteiger partial charge in [-0.2, -0.15) is 5.10 Å². The van der Waals surface area contributed by atoms with Crippen molar-refractivity contribution < 1.29 is 4.79 Å². The molecule has 94 valence electrons. The van der Waals surface area contributed by atoms with Crippen molar-refractivity contribution in [3.63, 3.8) is 0 Å². The summed E-state index contributed by atoms with van der Waals surface area (Å²) in [6.45, 7) is 0.298. The Balaban J connectivity index is 1.95. The Kier molecular flexibility index (Phi) is 3.32. The van der Waals surface area contributed by atoms with E-state index in [2.05, 4.69) is 25.5 Å². The summed E-state index contributed by atoms with van der Waals surface area (Å²) < 4.78 is 0. The Labute approximate surface area is 99.7 Å². The highest BCUT2D eigenvalue weighted by Gasteiger charge is 2.10. The fourth-order valence-corrected chi connectivity index (χ4v) is 1.32. The summed E-state index contributed by atoms with van der Waals surface area (Å²) in [5.74, 6) is 0.0673. The number of H-pyrrole nitrogens is 3. The molecule has 2 rings (SSSR count). The van der Waals surface area contributed by atoms with E-state index < -0.39 is 17.2 Å². The highest BCUT2D eigenvalue weighted by Crippen LogP contribution is 1.88. The van der Waals surface area contributed by atoms with Crippen molar-refractivity contribution in [2.45, 2.75) is 6.42 Å². The predicted octanol–water partition coefficient (Wildman–Crippen LogP) is -1.85. The van der Waals surface area contributed by atoms with Crippen LogP contribution in [0.2, 0.25) is 0 Å². The monoisotopic (exact) mass is 250 g/mol. The summed E-state index contributed by atoms with van der Waals surface area (Å²) in [4.78, 5) is 41.8. The third kappa shape index (κ3) is 2.70. The lowest BCUT2D eigenvalue weighted by Crippen LogP contribution is -2.34. The molecular weight excluding hydrogens is 240 g/mol. The molecule has 2 aromatic heterocycles. The molecule has 2 aromatic rings. The van der Waals surface area contributed by atoms with Crippen molar-refractivity contribution >= 4 is 5.91 Å². The molecule has 9 heteroatoms. The topological polar surface area (TPSA) is 136 Å². The zero-order chi connectivity index (χ0) is 13.0. The van der Waals surface area contributed by atoms with Crippen molar-refractivity contribution in [3.05, 3.63) is 44.8 Å². The molecule has 2 heterocycles. The number of aromatic nitrogens is 5. The van der Waals surface area contributed by atoms with Gasteiger partial charge < -0.3 is 10.3 Å². The lowest BCUT2D eigenvalue weighted by atomic mass is 10.3. The Morgan fingerprint density at radius 2 is 2.22 bits per heavy atom. The van der Waals surface area contributed by atoms with Gasteiger partial charge in [0.15, 0.2) is 0 Å². The van der Waals surface area contributed by atoms with Gasteiger partial charge in [0.05, 0.1) is 0 Å². The highest BCUT2D eigenvalue weighted by atomic mass is 16.2. The zero-order valence-electron chi connectivity index (χ0n) is 9.19. The molecule has 0 aliphatic heterocycles. The van der Waals surface area contributed by atoms with Crippen LogP contribution >= 0.6 is 0 Å². The molecule has 0 saturated carbocycles. The quantitative estimate of drug-likeness (QED) is 0.505. The maximum atomic E-state index is 11.6. The van der Waals surface area contributed by atoms with Crippen LogP contribution in [0.15, 0.2) is 22.1 Å². The van der Waals surface area contributed by atoms with E-state index in [0.29, 0.717) is 18.8 Å². The van der Waals surface area contributed by atoms with Gasteiger partial charge in [-0.15, -0.1) is 0 Å². The van der Waals surface area contributed by atoms with Gasteiger partial charge in [-0.3, -0.25) is 19.7 Å². The van der Waals surface area contributed by atoms with Crippen molar-refractivity contribution in [2.24, 2.45) is 0 Å². The SMILES string of the molecule is O=C(NCCc1ncn[nH]1)c1c[nH]c(=O)[nH]c1=O. The Morgan fingerprint density at radius 1 is 1.39 bits per heavy atom. The highest BCUT2D eigenvalue weighted by molar-refractivity contribution is 5.93. The standard InChI is InChI=1S/C9H10N6O3/c16-7(5-3-11-9(18)14-8(5)17)10-2-1-6-12-4-13-15-6/h3-4H,1-2H2,(H,10,16)(H,12,13,15)(H2,11,14,17,18). The number of hydrogen-bond acceptors (Lipinski definition) is 5. The van der Waals surface area contributed by atoms with Crippen LogP contribution in [0.25, 0.3) is 0 Å². The molecule has 0 bridgehead atoms. The predicted molar refractivity (Wildman–Crippen MR) is 60.1 cm³/mol. The van der Waals surface area contributed by atoms with Gasteiger partial charge in [0, 0.05) is 19.2 Å². The van der Waals surface area contributed by atoms with Crippen molar-refractivity contribution in [1.82, 2.24) is 30.5 Å². The summed E-state index contributed by atoms with van der Waals surface area (Å²) in [7, 11) is 0. The number of hydrogen-bond donors (Lipinski definition) is 4. The second-order valence-electron chi connectivity index (χ2n) is 3.42. The normalized spacial score (nSPS) is 10.2. The molecule has 1 amide bonds. The van der Waals surface area contributed by atoms with E-state index >= 15 is 0 Å². The van der Waals surface area contributed by atoms with Gasteiger partial charge in [0.1, 0.15) is 17.7 Å². The molecular formula is C9H10N6O3. The number of aromatic amines is 3. The van der Waals surface area contributed by atoms with E-state index in [0.717, 1.165) is 6.20 Å². The maximum absolute atomic E-state index is 11.6. The third-order valence-electron chi connectivity index (χ3n) is 2.18. The van der Waals surface area contributed by atoms with Crippen molar-refractivity contribution in [3.8, 4) is 0 Å².